The van der Waals surface area contributed by atoms with Crippen LogP contribution in [0.25, 0.3) is 44.8 Å². The average Bonchev–Trinajstić information content (AvgIpc) is 3.44. The summed E-state index contributed by atoms with van der Waals surface area (Å²) in [6.07, 6.45) is 2.47. The van der Waals surface area contributed by atoms with Crippen LogP contribution in [0.4, 0.5) is 4.39 Å². The summed E-state index contributed by atoms with van der Waals surface area (Å²) in [5, 5.41) is 1.04. The molecule has 1 amide bonds. The molecule has 2 N–H and O–H groups in total. The Balaban J connectivity index is 1.23. The van der Waals surface area contributed by atoms with Crippen molar-refractivity contribution < 1.29 is 18.7 Å². The maximum atomic E-state index is 14.3. The van der Waals surface area contributed by atoms with Gasteiger partial charge in [0.25, 0.3) is 5.91 Å². The Morgan fingerprint density at radius 2 is 1.98 bits per heavy atom. The number of nitrogens with zero attached hydrogens (tertiary/aromatic N) is 5. The number of amides is 1. The second kappa shape index (κ2) is 10.3. The highest BCUT2D eigenvalue weighted by Gasteiger charge is 2.31. The molecule has 8 rings (SSSR count). The Labute approximate surface area is 254 Å². The molecule has 1 aliphatic carbocycles. The second-order valence-electron chi connectivity index (χ2n) is 12.5. The van der Waals surface area contributed by atoms with Gasteiger partial charge in [-0.2, -0.15) is 0 Å². The fourth-order valence-electron chi connectivity index (χ4n) is 6.78. The molecule has 0 bridgehead atoms. The number of imidazole rings is 1. The molecular weight excluding hydrogens is 559 g/mol. The SMILES string of the molecule is COc1cc(C(=O)N2C[C@H](N)C[C@@H](F)C2)cc2nc(-c3cc4ccc(-c5ccc6c(c5)OCC6)nc4n3CC3CC3)n(C)c12. The summed E-state index contributed by atoms with van der Waals surface area (Å²) in [5.41, 5.74) is 12.9. The smallest absolute Gasteiger partial charge is 0.254 e. The maximum Gasteiger partial charge on any atom is 0.254 e. The number of aromatic nitrogens is 4. The lowest BCUT2D eigenvalue weighted by Crippen LogP contribution is -2.50. The largest absolute Gasteiger partial charge is 0.494 e. The van der Waals surface area contributed by atoms with Gasteiger partial charge in [0.15, 0.2) is 5.82 Å². The van der Waals surface area contributed by atoms with E-state index in [4.69, 9.17) is 25.2 Å². The van der Waals surface area contributed by atoms with Gasteiger partial charge in [-0.1, -0.05) is 12.1 Å². The minimum atomic E-state index is -1.13. The average molecular weight is 595 g/mol. The molecule has 2 aliphatic heterocycles. The summed E-state index contributed by atoms with van der Waals surface area (Å²) in [7, 11) is 3.55. The number of nitrogens with two attached hydrogens (primary N) is 1. The molecule has 2 fully saturated rings. The number of pyridine rings is 1. The van der Waals surface area contributed by atoms with Gasteiger partial charge in [-0.15, -0.1) is 0 Å². The van der Waals surface area contributed by atoms with E-state index in [-0.39, 0.29) is 24.9 Å². The molecule has 44 heavy (non-hydrogen) atoms. The van der Waals surface area contributed by atoms with Crippen molar-refractivity contribution in [2.75, 3.05) is 26.8 Å². The summed E-state index contributed by atoms with van der Waals surface area (Å²) < 4.78 is 30.2. The lowest BCUT2D eigenvalue weighted by atomic mass is 10.0. The van der Waals surface area contributed by atoms with Crippen LogP contribution in [0.3, 0.4) is 0 Å². The van der Waals surface area contributed by atoms with Gasteiger partial charge in [-0.3, -0.25) is 4.79 Å². The van der Waals surface area contributed by atoms with Gasteiger partial charge in [0, 0.05) is 49.1 Å². The number of rotatable bonds is 6. The molecule has 1 saturated carbocycles. The van der Waals surface area contributed by atoms with Crippen LogP contribution in [0.2, 0.25) is 0 Å². The van der Waals surface area contributed by atoms with Crippen LogP contribution >= 0.6 is 0 Å². The predicted molar refractivity (Wildman–Crippen MR) is 167 cm³/mol. The number of halogens is 1. The van der Waals surface area contributed by atoms with Crippen molar-refractivity contribution in [2.45, 2.75) is 44.4 Å². The zero-order valence-electron chi connectivity index (χ0n) is 24.9. The summed E-state index contributed by atoms with van der Waals surface area (Å²) in [4.78, 5) is 25.2. The van der Waals surface area contributed by atoms with E-state index in [1.54, 1.807) is 19.2 Å². The van der Waals surface area contributed by atoms with Gasteiger partial charge in [0.05, 0.1) is 37.2 Å². The Morgan fingerprint density at radius 1 is 1.11 bits per heavy atom. The summed E-state index contributed by atoms with van der Waals surface area (Å²) in [6, 6.07) is 15.8. The molecule has 2 atom stereocenters. The van der Waals surface area contributed by atoms with Gasteiger partial charge < -0.3 is 29.2 Å². The van der Waals surface area contributed by atoms with E-state index in [1.165, 1.54) is 23.3 Å². The van der Waals surface area contributed by atoms with Crippen LogP contribution in [0.5, 0.6) is 11.5 Å². The van der Waals surface area contributed by atoms with E-state index in [2.05, 4.69) is 41.0 Å². The highest BCUT2D eigenvalue weighted by atomic mass is 19.1. The molecule has 0 unspecified atom stereocenters. The number of carbonyl (C=O) groups excluding carboxylic acids is 1. The first-order valence-electron chi connectivity index (χ1n) is 15.4. The molecule has 1 saturated heterocycles. The number of ether oxygens (including phenoxy) is 2. The van der Waals surface area contributed by atoms with Gasteiger partial charge in [0.2, 0.25) is 0 Å². The summed E-state index contributed by atoms with van der Waals surface area (Å²) in [6.45, 7) is 1.94. The molecular formula is C34H35FN6O3. The van der Waals surface area contributed by atoms with Crippen LogP contribution in [0.15, 0.2) is 48.5 Å². The summed E-state index contributed by atoms with van der Waals surface area (Å²) in [5.74, 6) is 2.57. The minimum Gasteiger partial charge on any atom is -0.494 e. The lowest BCUT2D eigenvalue weighted by molar-refractivity contribution is 0.0606. The standard InChI is InChI=1S/C34H35FN6O3/c1-39-31-27(11-23(14-30(31)43-2)34(42)40-17-24(35)15-25(36)18-40)38-33(39)28-12-22-7-8-26(37-32(22)41(28)16-19-3-4-19)21-6-5-20-9-10-44-29(20)13-21/h5-8,11-14,19,24-25H,3-4,9-10,15-18,36H2,1-2H3/t24-,25-/m1/s1. The van der Waals surface area contributed by atoms with Crippen molar-refractivity contribution in [3.8, 4) is 34.3 Å². The van der Waals surface area contributed by atoms with E-state index in [0.29, 0.717) is 29.3 Å². The number of aryl methyl sites for hydroxylation is 1. The molecule has 226 valence electrons. The zero-order valence-corrected chi connectivity index (χ0v) is 24.9. The predicted octanol–water partition coefficient (Wildman–Crippen LogP) is 5.12. The summed E-state index contributed by atoms with van der Waals surface area (Å²) >= 11 is 0. The topological polar surface area (TPSA) is 100 Å². The maximum absolute atomic E-state index is 14.3. The third-order valence-corrected chi connectivity index (χ3v) is 9.22. The number of likely N-dealkylation sites (tertiary alicyclic amines) is 1. The highest BCUT2D eigenvalue weighted by Crippen LogP contribution is 2.39. The van der Waals surface area contributed by atoms with Crippen molar-refractivity contribution in [3.05, 3.63) is 59.7 Å². The molecule has 0 radical (unpaired) electrons. The number of carbonyl (C=O) groups is 1. The Hall–Kier alpha value is -4.44. The molecule has 3 aromatic heterocycles. The first-order chi connectivity index (χ1) is 21.4. The number of hydrogen-bond donors (Lipinski definition) is 1. The first-order valence-corrected chi connectivity index (χ1v) is 15.4. The Morgan fingerprint density at radius 3 is 2.77 bits per heavy atom. The molecule has 5 aromatic rings. The van der Waals surface area contributed by atoms with E-state index in [9.17, 15) is 9.18 Å². The minimum absolute atomic E-state index is 0.0368. The van der Waals surface area contributed by atoms with Crippen LogP contribution in [-0.2, 0) is 20.0 Å². The van der Waals surface area contributed by atoms with E-state index >= 15 is 0 Å². The van der Waals surface area contributed by atoms with Crippen molar-refractivity contribution in [1.82, 2.24) is 24.0 Å². The fourth-order valence-corrected chi connectivity index (χ4v) is 6.78. The highest BCUT2D eigenvalue weighted by molar-refractivity contribution is 6.00. The zero-order chi connectivity index (χ0) is 30.1. The van der Waals surface area contributed by atoms with Crippen LogP contribution in [-0.4, -0.2) is 68.9 Å². The number of methoxy groups -OCH3 is 1. The second-order valence-corrected chi connectivity index (χ2v) is 12.5. The van der Waals surface area contributed by atoms with E-state index in [1.807, 2.05) is 11.6 Å². The van der Waals surface area contributed by atoms with Crippen molar-refractivity contribution in [3.63, 3.8) is 0 Å². The monoisotopic (exact) mass is 594 g/mol. The van der Waals surface area contributed by atoms with Crippen molar-refractivity contribution in [1.29, 1.82) is 0 Å². The normalized spacial score (nSPS) is 19.9. The van der Waals surface area contributed by atoms with Crippen LogP contribution < -0.4 is 15.2 Å². The quantitative estimate of drug-likeness (QED) is 0.293. The van der Waals surface area contributed by atoms with Crippen LogP contribution in [0.1, 0.15) is 35.2 Å². The van der Waals surface area contributed by atoms with E-state index in [0.717, 1.165) is 64.6 Å². The molecule has 0 spiro atoms. The number of piperidine rings is 1. The molecule has 10 heteroatoms. The molecule has 3 aliphatic rings. The number of hydrogen-bond acceptors (Lipinski definition) is 6. The van der Waals surface area contributed by atoms with Gasteiger partial charge in [0.1, 0.15) is 28.8 Å². The first kappa shape index (κ1) is 27.1. The van der Waals surface area contributed by atoms with Gasteiger partial charge in [-0.25, -0.2) is 14.4 Å². The number of benzene rings is 2. The fraction of sp³-hybridized carbons (Fsp3) is 0.382. The Kier molecular flexibility index (Phi) is 6.37. The number of fused-ring (bicyclic) bond motifs is 3. The van der Waals surface area contributed by atoms with Crippen molar-refractivity contribution in [2.24, 2.45) is 18.7 Å². The molecule has 2 aromatic carbocycles. The molecule has 9 nitrogen and oxygen atoms in total. The third kappa shape index (κ3) is 4.59. The number of alkyl halides is 1. The molecule has 5 heterocycles. The van der Waals surface area contributed by atoms with Crippen molar-refractivity contribution >= 4 is 28.0 Å². The van der Waals surface area contributed by atoms with Gasteiger partial charge >= 0.3 is 0 Å². The lowest BCUT2D eigenvalue weighted by Gasteiger charge is -2.33. The Bertz CT molecular complexity index is 1930. The van der Waals surface area contributed by atoms with E-state index < -0.39 is 6.17 Å². The van der Waals surface area contributed by atoms with Crippen LogP contribution in [0, 0.1) is 5.92 Å². The van der Waals surface area contributed by atoms with Gasteiger partial charge in [-0.05, 0) is 67.1 Å². The third-order valence-electron chi connectivity index (χ3n) is 9.22.